The van der Waals surface area contributed by atoms with Crippen molar-refractivity contribution in [2.24, 2.45) is 0 Å². The highest BCUT2D eigenvalue weighted by atomic mass is 35.5. The highest BCUT2D eigenvalue weighted by Gasteiger charge is 2.44. The number of aromatic amines is 1. The first-order chi connectivity index (χ1) is 22.5. The number of aromatic nitrogens is 2. The van der Waals surface area contributed by atoms with Gasteiger partial charge < -0.3 is 9.72 Å². The molecule has 0 aliphatic carbocycles. The molecule has 17 heteroatoms. The molecule has 0 radical (unpaired) electrons. The predicted molar refractivity (Wildman–Crippen MR) is 183 cm³/mol. The van der Waals surface area contributed by atoms with Crippen LogP contribution in [-0.4, -0.2) is 90.9 Å². The van der Waals surface area contributed by atoms with Gasteiger partial charge in [0.25, 0.3) is 15.9 Å². The smallest absolute Gasteiger partial charge is 0.263 e. The average molecular weight is 740 g/mol. The largest absolute Gasteiger partial charge is 0.350 e. The second kappa shape index (κ2) is 14.5. The summed E-state index contributed by atoms with van der Waals surface area (Å²) >= 11 is 11.6. The Balaban J connectivity index is 1.20. The third-order valence-corrected chi connectivity index (χ3v) is 14.3. The zero-order valence-corrected chi connectivity index (χ0v) is 29.2. The summed E-state index contributed by atoms with van der Waals surface area (Å²) < 4.78 is 63.0. The molecular formula is C30H34ClN5O7S4. The van der Waals surface area contributed by atoms with Crippen molar-refractivity contribution >= 4 is 72.6 Å². The first-order valence-corrected chi connectivity index (χ1v) is 19.8. The van der Waals surface area contributed by atoms with E-state index in [4.69, 9.17) is 21.2 Å². The van der Waals surface area contributed by atoms with E-state index in [-0.39, 0.29) is 29.5 Å². The number of thiophene rings is 1. The summed E-state index contributed by atoms with van der Waals surface area (Å²) in [5.74, 6) is -0.525. The number of para-hydroxylation sites is 2. The van der Waals surface area contributed by atoms with E-state index >= 15 is 0 Å². The van der Waals surface area contributed by atoms with Gasteiger partial charge in [0.1, 0.15) is 16.1 Å². The average Bonchev–Trinajstić information content (AvgIpc) is 3.72. The first kappa shape index (κ1) is 34.3. The number of thiol groups is 1. The van der Waals surface area contributed by atoms with Crippen molar-refractivity contribution in [3.63, 3.8) is 0 Å². The van der Waals surface area contributed by atoms with Crippen LogP contribution < -0.4 is 5.48 Å². The van der Waals surface area contributed by atoms with Crippen molar-refractivity contribution in [1.29, 1.82) is 0 Å². The number of hydrogen-bond acceptors (Lipinski definition) is 10. The summed E-state index contributed by atoms with van der Waals surface area (Å²) in [5.41, 5.74) is 4.73. The van der Waals surface area contributed by atoms with Gasteiger partial charge in [-0.1, -0.05) is 35.9 Å². The zero-order valence-electron chi connectivity index (χ0n) is 25.1. The number of amides is 1. The molecule has 3 atom stereocenters. The molecule has 0 spiro atoms. The molecule has 4 aromatic rings. The number of rotatable bonds is 11. The topological polar surface area (TPSA) is 151 Å². The number of carbonyl (C=O) groups is 1. The van der Waals surface area contributed by atoms with Gasteiger partial charge in [-0.25, -0.2) is 32.1 Å². The lowest BCUT2D eigenvalue weighted by Gasteiger charge is -2.39. The Morgan fingerprint density at radius 2 is 1.89 bits per heavy atom. The van der Waals surface area contributed by atoms with Crippen molar-refractivity contribution < 1.29 is 31.2 Å². The van der Waals surface area contributed by atoms with Crippen LogP contribution in [0, 0.1) is 0 Å². The number of benzene rings is 2. The Morgan fingerprint density at radius 3 is 2.64 bits per heavy atom. The van der Waals surface area contributed by atoms with Gasteiger partial charge in [0.2, 0.25) is 10.0 Å². The van der Waals surface area contributed by atoms with Gasteiger partial charge in [-0.05, 0) is 54.8 Å². The maximum atomic E-state index is 14.0. The molecule has 2 aliphatic rings. The number of H-pyrrole nitrogens is 1. The summed E-state index contributed by atoms with van der Waals surface area (Å²) in [6.07, 6.45) is 1.87. The number of hydrogen-bond donors (Lipinski definition) is 3. The minimum absolute atomic E-state index is 0.0225. The number of fused-ring (bicyclic) bond motifs is 1. The van der Waals surface area contributed by atoms with Crippen LogP contribution in [0.4, 0.5) is 0 Å². The Hall–Kier alpha value is -2.54. The second-order valence-corrected chi connectivity index (χ2v) is 17.7. The van der Waals surface area contributed by atoms with E-state index in [1.165, 1.54) is 6.07 Å². The SMILES string of the molecule is O=C(NOC1CCCCO1)[C@H]1CN(S(=O)(=O)CC(S)Cc2nc3ccccc3[nH]2)CCN1S(=O)(=O)c1ccc(-c2ccc(Cl)cc2)s1. The minimum Gasteiger partial charge on any atom is -0.350 e. The predicted octanol–water partition coefficient (Wildman–Crippen LogP) is 4.07. The van der Waals surface area contributed by atoms with E-state index in [0.717, 1.165) is 49.4 Å². The van der Waals surface area contributed by atoms with Crippen molar-refractivity contribution in [3.05, 3.63) is 71.5 Å². The molecule has 0 bridgehead atoms. The first-order valence-electron chi connectivity index (χ1n) is 15.0. The third-order valence-electron chi connectivity index (χ3n) is 7.96. The highest BCUT2D eigenvalue weighted by Crippen LogP contribution is 2.34. The fourth-order valence-electron chi connectivity index (χ4n) is 5.57. The summed E-state index contributed by atoms with van der Waals surface area (Å²) in [7, 11) is -8.17. The second-order valence-electron chi connectivity index (χ2n) is 11.3. The Kier molecular flexibility index (Phi) is 10.6. The van der Waals surface area contributed by atoms with Crippen molar-refractivity contribution in [3.8, 4) is 10.4 Å². The van der Waals surface area contributed by atoms with Crippen LogP contribution in [0.15, 0.2) is 64.9 Å². The van der Waals surface area contributed by atoms with Crippen LogP contribution >= 0.6 is 35.6 Å². The number of imidazole rings is 1. The maximum Gasteiger partial charge on any atom is 0.263 e. The number of piperazine rings is 1. The Morgan fingerprint density at radius 1 is 1.11 bits per heavy atom. The summed E-state index contributed by atoms with van der Waals surface area (Å²) in [6.45, 7) is -0.306. The van der Waals surface area contributed by atoms with Crippen LogP contribution in [0.3, 0.4) is 0 Å². The maximum absolute atomic E-state index is 14.0. The molecule has 4 heterocycles. The lowest BCUT2D eigenvalue weighted by atomic mass is 10.2. The van der Waals surface area contributed by atoms with Crippen LogP contribution in [0.5, 0.6) is 0 Å². The van der Waals surface area contributed by atoms with Gasteiger partial charge in [-0.15, -0.1) is 11.3 Å². The Bertz CT molecular complexity index is 1900. The van der Waals surface area contributed by atoms with Gasteiger partial charge in [0.05, 0.1) is 16.8 Å². The van der Waals surface area contributed by atoms with Crippen molar-refractivity contribution in [2.45, 2.75) is 47.5 Å². The molecule has 6 rings (SSSR count). The van der Waals surface area contributed by atoms with E-state index in [1.807, 2.05) is 24.3 Å². The van der Waals surface area contributed by atoms with Crippen molar-refractivity contribution in [1.82, 2.24) is 24.1 Å². The quantitative estimate of drug-likeness (QED) is 0.154. The molecule has 2 unspecified atom stereocenters. The van der Waals surface area contributed by atoms with Gasteiger partial charge in [0, 0.05) is 54.2 Å². The van der Waals surface area contributed by atoms with Gasteiger partial charge in [0.15, 0.2) is 6.29 Å². The molecule has 0 saturated carbocycles. The van der Waals surface area contributed by atoms with E-state index in [9.17, 15) is 21.6 Å². The number of nitrogens with one attached hydrogen (secondary N) is 2. The lowest BCUT2D eigenvalue weighted by Crippen LogP contribution is -2.61. The minimum atomic E-state index is -4.21. The van der Waals surface area contributed by atoms with Crippen LogP contribution in [0.1, 0.15) is 25.1 Å². The van der Waals surface area contributed by atoms with Crippen molar-refractivity contribution in [2.75, 3.05) is 32.0 Å². The molecule has 2 aliphatic heterocycles. The monoisotopic (exact) mass is 739 g/mol. The molecule has 252 valence electrons. The van der Waals surface area contributed by atoms with Crippen LogP contribution in [-0.2, 0) is 40.8 Å². The highest BCUT2D eigenvalue weighted by molar-refractivity contribution is 7.91. The number of ether oxygens (including phenoxy) is 1. The molecular weight excluding hydrogens is 706 g/mol. The zero-order chi connectivity index (χ0) is 33.2. The molecule has 2 fully saturated rings. The van der Waals surface area contributed by atoms with E-state index in [1.54, 1.807) is 30.3 Å². The van der Waals surface area contributed by atoms with Crippen LogP contribution in [0.25, 0.3) is 21.5 Å². The van der Waals surface area contributed by atoms with E-state index in [0.29, 0.717) is 28.8 Å². The molecule has 2 aromatic heterocycles. The van der Waals surface area contributed by atoms with Crippen LogP contribution in [0.2, 0.25) is 5.02 Å². The molecule has 2 aromatic carbocycles. The molecule has 2 saturated heterocycles. The van der Waals surface area contributed by atoms with Gasteiger partial charge >= 0.3 is 0 Å². The number of carbonyl (C=O) groups excluding carboxylic acids is 1. The normalized spacial score (nSPS) is 20.7. The number of halogens is 1. The summed E-state index contributed by atoms with van der Waals surface area (Å²) in [6, 6.07) is 16.3. The standard InChI is InChI=1S/C30H34ClN5O7S4/c31-21-10-8-20(9-11-21)26-12-13-29(45-26)47(40,41)36-15-14-35(18-25(36)30(37)34-43-28-7-3-4-16-42-28)46(38,39)19-22(44)17-27-32-23-5-1-2-6-24(23)33-27/h1-2,5-6,8-13,22,25,28,44H,3-4,7,14-19H2,(H,32,33)(H,34,37)/t22?,25-,28?/m1/s1. The molecule has 2 N–H and O–H groups in total. The van der Waals surface area contributed by atoms with Gasteiger partial charge in [-0.2, -0.15) is 21.2 Å². The third kappa shape index (κ3) is 8.03. The number of sulfonamides is 2. The lowest BCUT2D eigenvalue weighted by molar-refractivity contribution is -0.202. The number of hydroxylamine groups is 1. The molecule has 12 nitrogen and oxygen atoms in total. The molecule has 47 heavy (non-hydrogen) atoms. The number of nitrogens with zero attached hydrogens (tertiary/aromatic N) is 3. The summed E-state index contributed by atoms with van der Waals surface area (Å²) in [5, 5.41) is -0.0572. The summed E-state index contributed by atoms with van der Waals surface area (Å²) in [4.78, 5) is 27.4. The van der Waals surface area contributed by atoms with E-state index < -0.39 is 50.1 Å². The van der Waals surface area contributed by atoms with E-state index in [2.05, 4.69) is 28.1 Å². The van der Waals surface area contributed by atoms with Gasteiger partial charge in [-0.3, -0.25) is 4.79 Å². The fourth-order valence-corrected chi connectivity index (χ4v) is 11.0. The molecule has 1 amide bonds. The fraction of sp³-hybridized carbons (Fsp3) is 0.400. The Labute approximate surface area is 287 Å².